The van der Waals surface area contributed by atoms with Gasteiger partial charge in [-0.25, -0.2) is 4.79 Å². The van der Waals surface area contributed by atoms with E-state index in [9.17, 15) is 4.79 Å². The average molecular weight is 437 g/mol. The molecule has 0 aromatic heterocycles. The summed E-state index contributed by atoms with van der Waals surface area (Å²) >= 11 is 5.33. The van der Waals surface area contributed by atoms with Crippen LogP contribution in [-0.4, -0.2) is 20.7 Å². The van der Waals surface area contributed by atoms with Crippen molar-refractivity contribution in [2.24, 2.45) is 0 Å². The van der Waals surface area contributed by atoms with Crippen molar-refractivity contribution in [2.45, 2.75) is 43.3 Å². The van der Waals surface area contributed by atoms with Gasteiger partial charge in [-0.3, -0.25) is 0 Å². The molecule has 0 aliphatic rings. The molecule has 0 saturated carbocycles. The summed E-state index contributed by atoms with van der Waals surface area (Å²) in [4.78, 5) is 13.9. The van der Waals surface area contributed by atoms with Gasteiger partial charge in [-0.2, -0.15) is 0 Å². The lowest BCUT2D eigenvalue weighted by atomic mass is 10.0. The van der Waals surface area contributed by atoms with Crippen LogP contribution in [0.5, 0.6) is 0 Å². The minimum absolute atomic E-state index is 0.208. The molecule has 25 heavy (non-hydrogen) atoms. The summed E-state index contributed by atoms with van der Waals surface area (Å²) in [5, 5.41) is 0. The van der Waals surface area contributed by atoms with Gasteiger partial charge in [-0.1, -0.05) is 59.8 Å². The largest absolute Gasteiger partial charge is 0.462 e. The third-order valence-electron chi connectivity index (χ3n) is 3.88. The molecule has 0 atom stereocenters. The predicted octanol–water partition coefficient (Wildman–Crippen LogP) is 6.54. The van der Waals surface area contributed by atoms with E-state index in [0.29, 0.717) is 12.2 Å². The number of carbonyl (C=O) groups excluding carboxylic acids is 1. The predicted molar refractivity (Wildman–Crippen MR) is 113 cm³/mol. The van der Waals surface area contributed by atoms with E-state index in [1.807, 2.05) is 37.3 Å². The maximum atomic E-state index is 12.7. The Labute approximate surface area is 164 Å². The van der Waals surface area contributed by atoms with Crippen LogP contribution >= 0.6 is 27.7 Å². The van der Waals surface area contributed by atoms with Gasteiger partial charge < -0.3 is 4.74 Å². The Hall–Kier alpha value is -1.04. The minimum Gasteiger partial charge on any atom is -0.462 e. The molecule has 2 rings (SSSR count). The first-order chi connectivity index (χ1) is 11.8. The number of rotatable bonds is 7. The Balaban J connectivity index is 2.16. The normalized spacial score (nSPS) is 11.4. The van der Waals surface area contributed by atoms with Gasteiger partial charge in [-0.05, 0) is 42.3 Å². The van der Waals surface area contributed by atoms with Crippen LogP contribution in [0, 0.1) is 6.92 Å². The first kappa shape index (κ1) is 20.3. The highest BCUT2D eigenvalue weighted by molar-refractivity contribution is 9.10. The van der Waals surface area contributed by atoms with Gasteiger partial charge in [0.2, 0.25) is 0 Å². The number of hydrogen-bond acceptors (Lipinski definition) is 3. The number of carbonyl (C=O) groups is 1. The highest BCUT2D eigenvalue weighted by Gasteiger charge is 2.20. The molecule has 0 spiro atoms. The van der Waals surface area contributed by atoms with Crippen molar-refractivity contribution in [1.82, 2.24) is 0 Å². The summed E-state index contributed by atoms with van der Waals surface area (Å²) in [6, 6.07) is 15.2. The third kappa shape index (κ3) is 6.32. The van der Waals surface area contributed by atoms with Crippen molar-refractivity contribution in [3.05, 3.63) is 63.6 Å². The zero-order chi connectivity index (χ0) is 18.4. The van der Waals surface area contributed by atoms with E-state index in [0.717, 1.165) is 27.4 Å². The number of benzene rings is 2. The first-order valence-corrected chi connectivity index (χ1v) is 13.9. The zero-order valence-corrected chi connectivity index (χ0v) is 18.7. The van der Waals surface area contributed by atoms with Crippen molar-refractivity contribution in [3.8, 4) is 0 Å². The maximum absolute atomic E-state index is 12.7. The highest BCUT2D eigenvalue weighted by Crippen LogP contribution is 2.31. The van der Waals surface area contributed by atoms with Crippen LogP contribution < -0.4 is 0 Å². The van der Waals surface area contributed by atoms with Crippen LogP contribution in [0.4, 0.5) is 0 Å². The number of thioether (sulfide) groups is 1. The fourth-order valence-electron chi connectivity index (χ4n) is 2.36. The van der Waals surface area contributed by atoms with E-state index in [4.69, 9.17) is 4.74 Å². The van der Waals surface area contributed by atoms with Crippen LogP contribution in [0.2, 0.25) is 25.7 Å². The standard InChI is InChI=1S/C20H25BrO2SSi/c1-15-10-11-18(21)17(14-24-16-8-6-5-7-9-16)19(15)20(22)23-12-13-25(2,3)4/h5-11H,12-14H2,1-4H3. The molecule has 0 N–H and O–H groups in total. The molecule has 0 radical (unpaired) electrons. The SMILES string of the molecule is Cc1ccc(Br)c(CSc2ccccc2)c1C(=O)OCC[Si](C)(C)C. The Kier molecular flexibility index (Phi) is 7.34. The minimum atomic E-state index is -1.21. The second-order valence-electron chi connectivity index (χ2n) is 7.27. The quantitative estimate of drug-likeness (QED) is 0.279. The van der Waals surface area contributed by atoms with Crippen molar-refractivity contribution in [1.29, 1.82) is 0 Å². The van der Waals surface area contributed by atoms with Crippen LogP contribution in [0.1, 0.15) is 21.5 Å². The number of esters is 1. The van der Waals surface area contributed by atoms with E-state index < -0.39 is 8.07 Å². The average Bonchev–Trinajstić information content (AvgIpc) is 2.55. The maximum Gasteiger partial charge on any atom is 0.338 e. The van der Waals surface area contributed by atoms with Crippen molar-refractivity contribution >= 4 is 41.7 Å². The van der Waals surface area contributed by atoms with Crippen molar-refractivity contribution < 1.29 is 9.53 Å². The molecule has 5 heteroatoms. The van der Waals surface area contributed by atoms with Crippen LogP contribution in [-0.2, 0) is 10.5 Å². The second-order valence-corrected chi connectivity index (χ2v) is 14.8. The van der Waals surface area contributed by atoms with Gasteiger partial charge in [0.05, 0.1) is 12.2 Å². The topological polar surface area (TPSA) is 26.3 Å². The number of hydrogen-bond donors (Lipinski definition) is 0. The highest BCUT2D eigenvalue weighted by atomic mass is 79.9. The molecular weight excluding hydrogens is 412 g/mol. The lowest BCUT2D eigenvalue weighted by molar-refractivity contribution is 0.0523. The van der Waals surface area contributed by atoms with E-state index in [-0.39, 0.29) is 5.97 Å². The smallest absolute Gasteiger partial charge is 0.338 e. The molecule has 0 saturated heterocycles. The van der Waals surface area contributed by atoms with Crippen molar-refractivity contribution in [3.63, 3.8) is 0 Å². The Morgan fingerprint density at radius 2 is 1.80 bits per heavy atom. The monoisotopic (exact) mass is 436 g/mol. The van der Waals surface area contributed by atoms with E-state index in [1.165, 1.54) is 4.90 Å². The zero-order valence-electron chi connectivity index (χ0n) is 15.3. The van der Waals surface area contributed by atoms with Gasteiger partial charge in [0.15, 0.2) is 0 Å². The summed E-state index contributed by atoms with van der Waals surface area (Å²) in [6.45, 7) is 9.33. The summed E-state index contributed by atoms with van der Waals surface area (Å²) in [7, 11) is -1.21. The van der Waals surface area contributed by atoms with Crippen molar-refractivity contribution in [2.75, 3.05) is 6.61 Å². The molecule has 2 nitrogen and oxygen atoms in total. The molecule has 0 heterocycles. The molecule has 2 aromatic carbocycles. The summed E-state index contributed by atoms with van der Waals surface area (Å²) in [6.07, 6.45) is 0. The molecule has 0 amide bonds. The van der Waals surface area contributed by atoms with Gasteiger partial charge >= 0.3 is 5.97 Å². The van der Waals surface area contributed by atoms with Gasteiger partial charge in [-0.15, -0.1) is 11.8 Å². The Morgan fingerprint density at radius 1 is 1.12 bits per heavy atom. The Bertz CT molecular complexity index is 726. The molecule has 134 valence electrons. The van der Waals surface area contributed by atoms with Crippen LogP contribution in [0.3, 0.4) is 0 Å². The molecule has 0 aliphatic heterocycles. The number of halogens is 1. The summed E-state index contributed by atoms with van der Waals surface area (Å²) < 4.78 is 6.56. The fraction of sp³-hybridized carbons (Fsp3) is 0.350. The number of ether oxygens (including phenoxy) is 1. The molecule has 0 aliphatic carbocycles. The van der Waals surface area contributed by atoms with Gasteiger partial charge in [0.25, 0.3) is 0 Å². The fourth-order valence-corrected chi connectivity index (χ4v) is 4.69. The molecular formula is C20H25BrO2SSi. The summed E-state index contributed by atoms with van der Waals surface area (Å²) in [5.41, 5.74) is 2.67. The second kappa shape index (κ2) is 9.06. The number of aryl methyl sites for hydroxylation is 1. The lowest BCUT2D eigenvalue weighted by Crippen LogP contribution is -2.23. The Morgan fingerprint density at radius 3 is 2.44 bits per heavy atom. The van der Waals surface area contributed by atoms with E-state index in [2.05, 4.69) is 47.7 Å². The van der Waals surface area contributed by atoms with Gasteiger partial charge in [0, 0.05) is 23.2 Å². The van der Waals surface area contributed by atoms with E-state index in [1.54, 1.807) is 11.8 Å². The van der Waals surface area contributed by atoms with Crippen LogP contribution in [0.25, 0.3) is 0 Å². The molecule has 0 unspecified atom stereocenters. The molecule has 0 bridgehead atoms. The molecule has 0 fully saturated rings. The van der Waals surface area contributed by atoms with Gasteiger partial charge in [0.1, 0.15) is 0 Å². The van der Waals surface area contributed by atoms with Crippen LogP contribution in [0.15, 0.2) is 51.8 Å². The molecule has 2 aromatic rings. The van der Waals surface area contributed by atoms with E-state index >= 15 is 0 Å². The summed E-state index contributed by atoms with van der Waals surface area (Å²) in [5.74, 6) is 0.519. The lowest BCUT2D eigenvalue weighted by Gasteiger charge is -2.17. The first-order valence-electron chi connectivity index (χ1n) is 8.41. The third-order valence-corrected chi connectivity index (χ3v) is 7.37.